The third-order valence-corrected chi connectivity index (χ3v) is 6.05. The molecule has 3 aliphatic rings. The molecule has 1 aromatic heterocycles. The van der Waals surface area contributed by atoms with Gasteiger partial charge in [-0.2, -0.15) is 0 Å². The zero-order chi connectivity index (χ0) is 18.8. The van der Waals surface area contributed by atoms with Gasteiger partial charge in [0.2, 0.25) is 17.7 Å². The molecule has 4 heterocycles. The molecular formula is C19H24BrN3O4. The van der Waals surface area contributed by atoms with Crippen molar-refractivity contribution in [3.63, 3.8) is 0 Å². The largest absolute Gasteiger partial charge is 0.472 e. The lowest BCUT2D eigenvalue weighted by Crippen LogP contribution is -2.42. The van der Waals surface area contributed by atoms with E-state index in [-0.39, 0.29) is 29.9 Å². The number of hydrogen-bond donors (Lipinski definition) is 0. The number of rotatable bonds is 4. The zero-order valence-electron chi connectivity index (χ0n) is 15.2. The summed E-state index contributed by atoms with van der Waals surface area (Å²) in [6.45, 7) is 3.16. The van der Waals surface area contributed by atoms with Gasteiger partial charge >= 0.3 is 0 Å². The molecule has 0 spiro atoms. The average molecular weight is 438 g/mol. The average Bonchev–Trinajstić information content (AvgIpc) is 3.30. The maximum Gasteiger partial charge on any atom is 0.228 e. The molecule has 0 radical (unpaired) electrons. The first-order valence-corrected chi connectivity index (χ1v) is 10.3. The first-order valence-electron chi connectivity index (χ1n) is 9.54. The van der Waals surface area contributed by atoms with E-state index in [1.54, 1.807) is 6.20 Å². The Hall–Kier alpha value is -1.67. The molecule has 0 aliphatic carbocycles. The lowest BCUT2D eigenvalue weighted by atomic mass is 10.1. The molecule has 0 aromatic carbocycles. The van der Waals surface area contributed by atoms with Crippen molar-refractivity contribution in [1.82, 2.24) is 14.8 Å². The molecule has 146 valence electrons. The van der Waals surface area contributed by atoms with E-state index in [0.29, 0.717) is 45.1 Å². The third kappa shape index (κ3) is 4.27. The number of aromatic nitrogens is 1. The molecule has 0 saturated carbocycles. The molecular weight excluding hydrogens is 414 g/mol. The number of ether oxygens (including phenoxy) is 2. The van der Waals surface area contributed by atoms with E-state index in [1.807, 2.05) is 21.9 Å². The maximum absolute atomic E-state index is 12.9. The standard InChI is InChI=1S/C19H24BrN3O4/c20-14-1-2-17(21-10-14)27-16-3-6-22(12-16)19(25)13-9-18(24)23(11-13)15-4-7-26-8-5-15/h1-2,10,13,15-16H,3-9,11-12H2. The van der Waals surface area contributed by atoms with Crippen LogP contribution in [0.5, 0.6) is 5.88 Å². The summed E-state index contributed by atoms with van der Waals surface area (Å²) in [7, 11) is 0. The Morgan fingerprint density at radius 3 is 2.78 bits per heavy atom. The van der Waals surface area contributed by atoms with Crippen LogP contribution in [0.1, 0.15) is 25.7 Å². The predicted octanol–water partition coefficient (Wildman–Crippen LogP) is 1.85. The van der Waals surface area contributed by atoms with Crippen molar-refractivity contribution in [1.29, 1.82) is 0 Å². The van der Waals surface area contributed by atoms with E-state index < -0.39 is 0 Å². The summed E-state index contributed by atoms with van der Waals surface area (Å²) in [4.78, 5) is 33.3. The van der Waals surface area contributed by atoms with Crippen LogP contribution < -0.4 is 4.74 Å². The van der Waals surface area contributed by atoms with E-state index in [0.717, 1.165) is 23.7 Å². The highest BCUT2D eigenvalue weighted by Gasteiger charge is 2.41. The van der Waals surface area contributed by atoms with Crippen LogP contribution in [0.25, 0.3) is 0 Å². The van der Waals surface area contributed by atoms with Gasteiger partial charge < -0.3 is 19.3 Å². The Morgan fingerprint density at radius 2 is 2.04 bits per heavy atom. The first-order chi connectivity index (χ1) is 13.1. The Bertz CT molecular complexity index is 693. The molecule has 0 bridgehead atoms. The van der Waals surface area contributed by atoms with Crippen LogP contribution in [0.15, 0.2) is 22.8 Å². The Morgan fingerprint density at radius 1 is 1.22 bits per heavy atom. The van der Waals surface area contributed by atoms with Crippen LogP contribution in [0, 0.1) is 5.92 Å². The highest BCUT2D eigenvalue weighted by atomic mass is 79.9. The number of pyridine rings is 1. The molecule has 3 aliphatic heterocycles. The van der Waals surface area contributed by atoms with Crippen molar-refractivity contribution in [2.45, 2.75) is 37.8 Å². The summed E-state index contributed by atoms with van der Waals surface area (Å²) in [6.07, 6.45) is 4.49. The molecule has 2 unspecified atom stereocenters. The van der Waals surface area contributed by atoms with Crippen molar-refractivity contribution in [2.75, 3.05) is 32.8 Å². The van der Waals surface area contributed by atoms with Gasteiger partial charge in [-0.05, 0) is 34.8 Å². The number of carbonyl (C=O) groups is 2. The second kappa shape index (κ2) is 8.14. The second-order valence-corrected chi connectivity index (χ2v) is 8.33. The lowest BCUT2D eigenvalue weighted by Gasteiger charge is -2.31. The van der Waals surface area contributed by atoms with Gasteiger partial charge in [-0.25, -0.2) is 4.98 Å². The van der Waals surface area contributed by atoms with Gasteiger partial charge in [-0.3, -0.25) is 9.59 Å². The SMILES string of the molecule is O=C(C1CC(=O)N(C2CCOCC2)C1)N1CCC(Oc2ccc(Br)cn2)C1. The molecule has 27 heavy (non-hydrogen) atoms. The Labute approximate surface area is 167 Å². The van der Waals surface area contributed by atoms with Crippen LogP contribution in [-0.2, 0) is 14.3 Å². The highest BCUT2D eigenvalue weighted by Crippen LogP contribution is 2.28. The molecule has 0 N–H and O–H groups in total. The van der Waals surface area contributed by atoms with E-state index in [4.69, 9.17) is 9.47 Å². The van der Waals surface area contributed by atoms with E-state index in [2.05, 4.69) is 20.9 Å². The molecule has 8 heteroatoms. The first kappa shape index (κ1) is 18.7. The van der Waals surface area contributed by atoms with Crippen molar-refractivity contribution in [3.05, 3.63) is 22.8 Å². The van der Waals surface area contributed by atoms with E-state index >= 15 is 0 Å². The van der Waals surface area contributed by atoms with Crippen molar-refractivity contribution >= 4 is 27.7 Å². The fraction of sp³-hybridized carbons (Fsp3) is 0.632. The second-order valence-electron chi connectivity index (χ2n) is 7.42. The minimum atomic E-state index is -0.232. The monoisotopic (exact) mass is 437 g/mol. The summed E-state index contributed by atoms with van der Waals surface area (Å²) in [5.74, 6) is 0.517. The van der Waals surface area contributed by atoms with Gasteiger partial charge in [-0.15, -0.1) is 0 Å². The Balaban J connectivity index is 1.31. The van der Waals surface area contributed by atoms with Crippen molar-refractivity contribution in [3.8, 4) is 5.88 Å². The van der Waals surface area contributed by atoms with Crippen LogP contribution in [0.2, 0.25) is 0 Å². The lowest BCUT2D eigenvalue weighted by molar-refractivity contribution is -0.135. The number of likely N-dealkylation sites (tertiary alicyclic amines) is 2. The van der Waals surface area contributed by atoms with Gasteiger partial charge in [0.1, 0.15) is 6.10 Å². The van der Waals surface area contributed by atoms with Gasteiger partial charge in [0.25, 0.3) is 0 Å². The minimum Gasteiger partial charge on any atom is -0.472 e. The molecule has 4 rings (SSSR count). The Kier molecular flexibility index (Phi) is 5.63. The van der Waals surface area contributed by atoms with Crippen LogP contribution >= 0.6 is 15.9 Å². The summed E-state index contributed by atoms with van der Waals surface area (Å²) in [5, 5.41) is 0. The van der Waals surface area contributed by atoms with Gasteiger partial charge in [-0.1, -0.05) is 0 Å². The van der Waals surface area contributed by atoms with Gasteiger partial charge in [0, 0.05) is 61.9 Å². The van der Waals surface area contributed by atoms with E-state index in [9.17, 15) is 9.59 Å². The molecule has 2 atom stereocenters. The van der Waals surface area contributed by atoms with Crippen LogP contribution in [-0.4, -0.2) is 71.6 Å². The number of carbonyl (C=O) groups excluding carboxylic acids is 2. The zero-order valence-corrected chi connectivity index (χ0v) is 16.8. The number of halogens is 1. The fourth-order valence-electron chi connectivity index (χ4n) is 4.13. The van der Waals surface area contributed by atoms with Crippen molar-refractivity contribution in [2.24, 2.45) is 5.92 Å². The summed E-state index contributed by atoms with van der Waals surface area (Å²) < 4.78 is 12.2. The van der Waals surface area contributed by atoms with Crippen molar-refractivity contribution < 1.29 is 19.1 Å². The molecule has 3 fully saturated rings. The topological polar surface area (TPSA) is 72.0 Å². The van der Waals surface area contributed by atoms with E-state index in [1.165, 1.54) is 0 Å². The summed E-state index contributed by atoms with van der Waals surface area (Å²) in [5.41, 5.74) is 0. The van der Waals surface area contributed by atoms with Gasteiger partial charge in [0.05, 0.1) is 12.5 Å². The summed E-state index contributed by atoms with van der Waals surface area (Å²) >= 11 is 3.35. The predicted molar refractivity (Wildman–Crippen MR) is 101 cm³/mol. The molecule has 3 saturated heterocycles. The maximum atomic E-state index is 12.9. The molecule has 7 nitrogen and oxygen atoms in total. The quantitative estimate of drug-likeness (QED) is 0.718. The number of amides is 2. The smallest absolute Gasteiger partial charge is 0.228 e. The minimum absolute atomic E-state index is 0.0497. The van der Waals surface area contributed by atoms with Crippen LogP contribution in [0.4, 0.5) is 0 Å². The summed E-state index contributed by atoms with van der Waals surface area (Å²) in [6, 6.07) is 3.92. The van der Waals surface area contributed by atoms with Crippen LogP contribution in [0.3, 0.4) is 0 Å². The normalized spacial score (nSPS) is 26.6. The molecule has 1 aromatic rings. The number of nitrogens with zero attached hydrogens (tertiary/aromatic N) is 3. The number of hydrogen-bond acceptors (Lipinski definition) is 5. The third-order valence-electron chi connectivity index (χ3n) is 5.58. The van der Waals surface area contributed by atoms with Gasteiger partial charge in [0.15, 0.2) is 0 Å². The molecule has 2 amide bonds. The fourth-order valence-corrected chi connectivity index (χ4v) is 4.37. The highest BCUT2D eigenvalue weighted by molar-refractivity contribution is 9.10.